The fourth-order valence-electron chi connectivity index (χ4n) is 4.58. The van der Waals surface area contributed by atoms with E-state index in [0.717, 1.165) is 0 Å². The summed E-state index contributed by atoms with van der Waals surface area (Å²) in [7, 11) is 5.65. The maximum Gasteiger partial charge on any atom is 0.334 e. The molecule has 196 valence electrons. The summed E-state index contributed by atoms with van der Waals surface area (Å²) in [4.78, 5) is 12.9. The van der Waals surface area contributed by atoms with Crippen molar-refractivity contribution in [1.82, 2.24) is 0 Å². The maximum absolute atomic E-state index is 12.9. The monoisotopic (exact) mass is 502 g/mol. The SMILES string of the molecule is C/C=C(\C)C(=O)O[C@H]1c2cc(OC)c(OC)c(OC)c2-c2c(cc(O)c(OC)c2O)C[C@H](C)[C@@]1(C)O. The second kappa shape index (κ2) is 10.2. The van der Waals surface area contributed by atoms with Crippen LogP contribution in [0, 0.1) is 5.92 Å². The molecule has 0 unspecified atom stereocenters. The lowest BCUT2D eigenvalue weighted by atomic mass is 9.73. The van der Waals surface area contributed by atoms with Crippen LogP contribution in [0.2, 0.25) is 0 Å². The van der Waals surface area contributed by atoms with Crippen molar-refractivity contribution in [1.29, 1.82) is 0 Å². The van der Waals surface area contributed by atoms with E-state index in [9.17, 15) is 20.1 Å². The van der Waals surface area contributed by atoms with E-state index in [0.29, 0.717) is 27.8 Å². The van der Waals surface area contributed by atoms with E-state index >= 15 is 0 Å². The van der Waals surface area contributed by atoms with E-state index in [-0.39, 0.29) is 40.9 Å². The van der Waals surface area contributed by atoms with Gasteiger partial charge in [0.2, 0.25) is 11.5 Å². The molecule has 1 aliphatic rings. The van der Waals surface area contributed by atoms with Crippen LogP contribution in [0.25, 0.3) is 11.1 Å². The topological polar surface area (TPSA) is 124 Å². The molecule has 2 aromatic carbocycles. The van der Waals surface area contributed by atoms with Crippen molar-refractivity contribution in [2.45, 2.75) is 45.8 Å². The minimum absolute atomic E-state index is 0.130. The molecule has 0 spiro atoms. The Morgan fingerprint density at radius 2 is 1.61 bits per heavy atom. The van der Waals surface area contributed by atoms with Gasteiger partial charge in [-0.3, -0.25) is 0 Å². The number of allylic oxidation sites excluding steroid dienone is 1. The van der Waals surface area contributed by atoms with Gasteiger partial charge in [0.1, 0.15) is 5.60 Å². The second-order valence-corrected chi connectivity index (χ2v) is 9.01. The summed E-state index contributed by atoms with van der Waals surface area (Å²) in [5.41, 5.74) is 0.241. The van der Waals surface area contributed by atoms with Crippen molar-refractivity contribution in [3.8, 4) is 45.6 Å². The molecular weight excluding hydrogens is 468 g/mol. The number of ether oxygens (including phenoxy) is 5. The van der Waals surface area contributed by atoms with E-state index in [1.807, 2.05) is 0 Å². The van der Waals surface area contributed by atoms with Crippen molar-refractivity contribution in [3.63, 3.8) is 0 Å². The van der Waals surface area contributed by atoms with Crippen LogP contribution in [-0.4, -0.2) is 55.3 Å². The van der Waals surface area contributed by atoms with E-state index in [1.165, 1.54) is 34.5 Å². The summed E-state index contributed by atoms with van der Waals surface area (Å²) in [6.45, 7) is 6.72. The summed E-state index contributed by atoms with van der Waals surface area (Å²) >= 11 is 0. The Hall–Kier alpha value is -3.59. The number of methoxy groups -OCH3 is 4. The number of esters is 1. The van der Waals surface area contributed by atoms with Crippen molar-refractivity contribution >= 4 is 5.97 Å². The molecule has 36 heavy (non-hydrogen) atoms. The van der Waals surface area contributed by atoms with Gasteiger partial charge in [0.15, 0.2) is 29.1 Å². The maximum atomic E-state index is 12.9. The Morgan fingerprint density at radius 1 is 1.00 bits per heavy atom. The van der Waals surface area contributed by atoms with Gasteiger partial charge in [0.05, 0.1) is 28.4 Å². The van der Waals surface area contributed by atoms with Gasteiger partial charge >= 0.3 is 5.97 Å². The lowest BCUT2D eigenvalue weighted by Crippen LogP contribution is -2.44. The van der Waals surface area contributed by atoms with Gasteiger partial charge in [-0.2, -0.15) is 0 Å². The average molecular weight is 503 g/mol. The molecule has 0 aliphatic heterocycles. The predicted molar refractivity (Wildman–Crippen MR) is 133 cm³/mol. The largest absolute Gasteiger partial charge is 0.504 e. The van der Waals surface area contributed by atoms with E-state index in [1.54, 1.807) is 39.8 Å². The van der Waals surface area contributed by atoms with Crippen LogP contribution in [0.5, 0.6) is 34.5 Å². The predicted octanol–water partition coefficient (Wildman–Crippen LogP) is 4.29. The second-order valence-electron chi connectivity index (χ2n) is 9.01. The number of hydrogen-bond acceptors (Lipinski definition) is 9. The molecule has 0 saturated carbocycles. The third kappa shape index (κ3) is 4.28. The number of carbonyl (C=O) groups excluding carboxylic acids is 1. The highest BCUT2D eigenvalue weighted by molar-refractivity contribution is 5.90. The van der Waals surface area contributed by atoms with Gasteiger partial charge in [-0.15, -0.1) is 0 Å². The third-order valence-corrected chi connectivity index (χ3v) is 6.95. The van der Waals surface area contributed by atoms with Crippen LogP contribution in [-0.2, 0) is 16.0 Å². The number of benzene rings is 2. The van der Waals surface area contributed by atoms with E-state index < -0.39 is 23.6 Å². The minimum Gasteiger partial charge on any atom is -0.504 e. The van der Waals surface area contributed by atoms with Gasteiger partial charge in [0, 0.05) is 22.3 Å². The highest BCUT2D eigenvalue weighted by atomic mass is 16.6. The molecule has 0 heterocycles. The van der Waals surface area contributed by atoms with Gasteiger partial charge in [-0.1, -0.05) is 13.0 Å². The number of aromatic hydroxyl groups is 2. The molecule has 0 bridgehead atoms. The number of fused-ring (bicyclic) bond motifs is 3. The Balaban J connectivity index is 2.56. The van der Waals surface area contributed by atoms with Crippen molar-refractivity contribution < 1.29 is 43.8 Å². The molecule has 9 nitrogen and oxygen atoms in total. The molecule has 0 amide bonds. The van der Waals surface area contributed by atoms with Gasteiger partial charge in [-0.25, -0.2) is 4.79 Å². The van der Waals surface area contributed by atoms with Crippen molar-refractivity contribution in [2.75, 3.05) is 28.4 Å². The molecule has 3 N–H and O–H groups in total. The summed E-state index contributed by atoms with van der Waals surface area (Å²) in [5, 5.41) is 33.7. The molecule has 1 aliphatic carbocycles. The third-order valence-electron chi connectivity index (χ3n) is 6.95. The highest BCUT2D eigenvalue weighted by Crippen LogP contribution is 2.58. The first-order valence-corrected chi connectivity index (χ1v) is 11.5. The quantitative estimate of drug-likeness (QED) is 0.392. The fraction of sp³-hybridized carbons (Fsp3) is 0.444. The normalized spacial score (nSPS) is 21.4. The standard InChI is InChI=1S/C27H34O9/c1-9-13(2)26(30)36-25-16-12-18(32-5)23(34-7)24(35-8)20(16)19-15(10-14(3)27(25,4)31)11-17(28)22(33-6)21(19)29/h9,11-12,14,25,28-29,31H,10H2,1-8H3/b13-9+/t14-,25-,27+/m0/s1. The molecule has 0 fully saturated rings. The average Bonchev–Trinajstić information content (AvgIpc) is 2.85. The van der Waals surface area contributed by atoms with Crippen LogP contribution < -0.4 is 18.9 Å². The van der Waals surface area contributed by atoms with Crippen molar-refractivity contribution in [3.05, 3.63) is 34.9 Å². The first-order chi connectivity index (χ1) is 17.0. The van der Waals surface area contributed by atoms with Crippen molar-refractivity contribution in [2.24, 2.45) is 5.92 Å². The Bertz CT molecular complexity index is 1200. The number of phenolic OH excluding ortho intramolecular Hbond substituents is 2. The fourth-order valence-corrected chi connectivity index (χ4v) is 4.58. The van der Waals surface area contributed by atoms with Crippen LogP contribution in [0.1, 0.15) is 44.9 Å². The number of rotatable bonds is 6. The Morgan fingerprint density at radius 3 is 2.14 bits per heavy atom. The lowest BCUT2D eigenvalue weighted by molar-refractivity contribution is -0.166. The number of hydrogen-bond donors (Lipinski definition) is 3. The Labute approximate surface area is 210 Å². The van der Waals surface area contributed by atoms with Gasteiger partial charge in [-0.05, 0) is 50.8 Å². The molecule has 3 rings (SSSR count). The van der Waals surface area contributed by atoms with Crippen LogP contribution >= 0.6 is 0 Å². The zero-order valence-electron chi connectivity index (χ0n) is 21.9. The van der Waals surface area contributed by atoms with Crippen LogP contribution in [0.3, 0.4) is 0 Å². The van der Waals surface area contributed by atoms with E-state index in [2.05, 4.69) is 0 Å². The smallest absolute Gasteiger partial charge is 0.334 e. The molecule has 2 aromatic rings. The first kappa shape index (κ1) is 27.0. The zero-order valence-corrected chi connectivity index (χ0v) is 21.9. The number of phenols is 2. The first-order valence-electron chi connectivity index (χ1n) is 11.5. The summed E-state index contributed by atoms with van der Waals surface area (Å²) in [6, 6.07) is 3.07. The summed E-state index contributed by atoms with van der Waals surface area (Å²) in [5.74, 6) is -1.12. The molecular formula is C27H34O9. The lowest BCUT2D eigenvalue weighted by Gasteiger charge is -2.41. The number of carbonyl (C=O) groups is 1. The van der Waals surface area contributed by atoms with Crippen LogP contribution in [0.4, 0.5) is 0 Å². The summed E-state index contributed by atoms with van der Waals surface area (Å²) in [6.07, 6.45) is 0.654. The van der Waals surface area contributed by atoms with Gasteiger partial charge in [0.25, 0.3) is 0 Å². The summed E-state index contributed by atoms with van der Waals surface area (Å²) < 4.78 is 28.1. The zero-order chi connectivity index (χ0) is 26.9. The highest BCUT2D eigenvalue weighted by Gasteiger charge is 2.46. The molecule has 0 radical (unpaired) electrons. The molecule has 0 saturated heterocycles. The molecule has 0 aromatic heterocycles. The molecule has 3 atom stereocenters. The van der Waals surface area contributed by atoms with Gasteiger partial charge < -0.3 is 39.0 Å². The van der Waals surface area contributed by atoms with Crippen LogP contribution in [0.15, 0.2) is 23.8 Å². The van der Waals surface area contributed by atoms with E-state index in [4.69, 9.17) is 23.7 Å². The Kier molecular flexibility index (Phi) is 7.64. The molecule has 9 heteroatoms. The minimum atomic E-state index is -1.58. The number of aliphatic hydroxyl groups is 1.